The summed E-state index contributed by atoms with van der Waals surface area (Å²) in [6.45, 7) is 6.54. The zero-order valence-electron chi connectivity index (χ0n) is 11.7. The van der Waals surface area contributed by atoms with Gasteiger partial charge in [-0.15, -0.1) is 11.3 Å². The first kappa shape index (κ1) is 14.3. The molecule has 0 unspecified atom stereocenters. The number of hydrogen-bond donors (Lipinski definition) is 2. The lowest BCUT2D eigenvalue weighted by molar-refractivity contribution is 0.0465. The van der Waals surface area contributed by atoms with Gasteiger partial charge in [0, 0.05) is 23.5 Å². The van der Waals surface area contributed by atoms with Gasteiger partial charge in [0.25, 0.3) is 0 Å². The molecule has 4 nitrogen and oxygen atoms in total. The first-order valence-corrected chi connectivity index (χ1v) is 7.55. The lowest BCUT2D eigenvalue weighted by atomic mass is 9.87. The fourth-order valence-corrected chi connectivity index (χ4v) is 2.69. The van der Waals surface area contributed by atoms with Gasteiger partial charge in [0.05, 0.1) is 0 Å². The molecular weight excluding hydrogens is 260 g/mol. The highest BCUT2D eigenvalue weighted by Crippen LogP contribution is 2.21. The molecule has 0 bridgehead atoms. The Balaban J connectivity index is 1.60. The third-order valence-corrected chi connectivity index (χ3v) is 3.88. The van der Waals surface area contributed by atoms with E-state index in [1.807, 2.05) is 20.8 Å². The lowest BCUT2D eigenvalue weighted by Gasteiger charge is -2.36. The molecule has 1 heterocycles. The van der Waals surface area contributed by atoms with Crippen molar-refractivity contribution in [2.24, 2.45) is 0 Å². The van der Waals surface area contributed by atoms with E-state index in [9.17, 15) is 4.79 Å². The van der Waals surface area contributed by atoms with Gasteiger partial charge in [0.15, 0.2) is 0 Å². The molecule has 106 valence electrons. The second-order valence-corrected chi connectivity index (χ2v) is 7.00. The van der Waals surface area contributed by atoms with Crippen LogP contribution in [0.1, 0.15) is 38.5 Å². The maximum atomic E-state index is 11.6. The monoisotopic (exact) mass is 282 g/mol. The Morgan fingerprint density at radius 1 is 1.42 bits per heavy atom. The smallest absolute Gasteiger partial charge is 0.407 e. The number of nitrogens with one attached hydrogen (secondary N) is 2. The van der Waals surface area contributed by atoms with Crippen LogP contribution in [0.2, 0.25) is 0 Å². The molecule has 1 aliphatic rings. The molecule has 1 aromatic heterocycles. The molecule has 0 aromatic carbocycles. The Labute approximate surface area is 118 Å². The number of carbonyl (C=O) groups excluding carboxylic acids is 1. The van der Waals surface area contributed by atoms with E-state index in [-0.39, 0.29) is 12.1 Å². The van der Waals surface area contributed by atoms with E-state index in [1.165, 1.54) is 4.88 Å². The van der Waals surface area contributed by atoms with Crippen LogP contribution >= 0.6 is 11.3 Å². The number of thiophene rings is 1. The Bertz CT molecular complexity index is 406. The fourth-order valence-electron chi connectivity index (χ4n) is 2.03. The summed E-state index contributed by atoms with van der Waals surface area (Å²) in [7, 11) is 0. The van der Waals surface area contributed by atoms with Crippen LogP contribution in [0.3, 0.4) is 0 Å². The van der Waals surface area contributed by atoms with E-state index in [0.717, 1.165) is 19.4 Å². The minimum Gasteiger partial charge on any atom is -0.444 e. The normalized spacial score (nSPS) is 22.7. The molecule has 0 saturated heterocycles. The summed E-state index contributed by atoms with van der Waals surface area (Å²) < 4.78 is 5.23. The maximum Gasteiger partial charge on any atom is 0.407 e. The molecule has 1 saturated carbocycles. The highest BCUT2D eigenvalue weighted by molar-refractivity contribution is 7.09. The second-order valence-electron chi connectivity index (χ2n) is 5.97. The van der Waals surface area contributed by atoms with Crippen molar-refractivity contribution < 1.29 is 9.53 Å². The average Bonchev–Trinajstić information content (AvgIpc) is 2.71. The van der Waals surface area contributed by atoms with Crippen LogP contribution in [0.25, 0.3) is 0 Å². The largest absolute Gasteiger partial charge is 0.444 e. The summed E-state index contributed by atoms with van der Waals surface area (Å²) in [5.41, 5.74) is -0.426. The summed E-state index contributed by atoms with van der Waals surface area (Å²) in [6.07, 6.45) is 1.64. The second kappa shape index (κ2) is 5.92. The number of hydrogen-bond acceptors (Lipinski definition) is 4. The molecule has 1 fully saturated rings. The van der Waals surface area contributed by atoms with Gasteiger partial charge >= 0.3 is 6.09 Å². The highest BCUT2D eigenvalue weighted by Gasteiger charge is 2.31. The SMILES string of the molecule is CC(C)(C)OC(=O)NC1CC(NCc2cccs2)C1. The molecule has 2 N–H and O–H groups in total. The zero-order chi connectivity index (χ0) is 13.9. The van der Waals surface area contributed by atoms with Gasteiger partial charge in [-0.3, -0.25) is 0 Å². The van der Waals surface area contributed by atoms with Crippen molar-refractivity contribution in [2.45, 2.75) is 57.8 Å². The average molecular weight is 282 g/mol. The van der Waals surface area contributed by atoms with Gasteiger partial charge in [0.1, 0.15) is 5.60 Å². The molecule has 5 heteroatoms. The van der Waals surface area contributed by atoms with E-state index < -0.39 is 5.60 Å². The number of rotatable bonds is 4. The van der Waals surface area contributed by atoms with Gasteiger partial charge in [-0.2, -0.15) is 0 Å². The zero-order valence-corrected chi connectivity index (χ0v) is 12.5. The van der Waals surface area contributed by atoms with Crippen molar-refractivity contribution in [3.8, 4) is 0 Å². The first-order valence-electron chi connectivity index (χ1n) is 6.67. The van der Waals surface area contributed by atoms with E-state index in [2.05, 4.69) is 28.1 Å². The van der Waals surface area contributed by atoms with E-state index in [4.69, 9.17) is 4.74 Å². The molecule has 1 aromatic rings. The van der Waals surface area contributed by atoms with Gasteiger partial charge < -0.3 is 15.4 Å². The standard InChI is InChI=1S/C14H22N2O2S/c1-14(2,3)18-13(17)16-11-7-10(8-11)15-9-12-5-4-6-19-12/h4-6,10-11,15H,7-9H2,1-3H3,(H,16,17). The van der Waals surface area contributed by atoms with Gasteiger partial charge in [-0.25, -0.2) is 4.79 Å². The third kappa shape index (κ3) is 4.84. The molecule has 19 heavy (non-hydrogen) atoms. The number of alkyl carbamates (subject to hydrolysis) is 1. The van der Waals surface area contributed by atoms with Crippen molar-refractivity contribution in [1.29, 1.82) is 0 Å². The maximum absolute atomic E-state index is 11.6. The molecule has 0 radical (unpaired) electrons. The van der Waals surface area contributed by atoms with Crippen LogP contribution in [0, 0.1) is 0 Å². The van der Waals surface area contributed by atoms with Crippen LogP contribution in [-0.2, 0) is 11.3 Å². The van der Waals surface area contributed by atoms with Crippen LogP contribution < -0.4 is 10.6 Å². The lowest BCUT2D eigenvalue weighted by Crippen LogP contribution is -2.52. The van der Waals surface area contributed by atoms with Crippen molar-refractivity contribution in [1.82, 2.24) is 10.6 Å². The molecule has 0 aliphatic heterocycles. The Kier molecular flexibility index (Phi) is 4.47. The van der Waals surface area contributed by atoms with Crippen molar-refractivity contribution in [3.05, 3.63) is 22.4 Å². The quantitative estimate of drug-likeness (QED) is 0.893. The number of carbonyl (C=O) groups is 1. The molecule has 1 amide bonds. The van der Waals surface area contributed by atoms with Crippen LogP contribution in [0.15, 0.2) is 17.5 Å². The summed E-state index contributed by atoms with van der Waals surface area (Å²) in [5.74, 6) is 0. The Hall–Kier alpha value is -1.07. The Morgan fingerprint density at radius 3 is 2.74 bits per heavy atom. The van der Waals surface area contributed by atoms with Crippen LogP contribution in [0.4, 0.5) is 4.79 Å². The summed E-state index contributed by atoms with van der Waals surface area (Å²) in [5, 5.41) is 8.48. The Morgan fingerprint density at radius 2 is 2.16 bits per heavy atom. The van der Waals surface area contributed by atoms with Gasteiger partial charge in [0.2, 0.25) is 0 Å². The molecule has 2 rings (SSSR count). The van der Waals surface area contributed by atoms with E-state index in [1.54, 1.807) is 11.3 Å². The molecule has 0 atom stereocenters. The van der Waals surface area contributed by atoms with E-state index in [0.29, 0.717) is 6.04 Å². The van der Waals surface area contributed by atoms with Gasteiger partial charge in [-0.05, 0) is 45.1 Å². The third-order valence-electron chi connectivity index (χ3n) is 3.00. The van der Waals surface area contributed by atoms with Crippen molar-refractivity contribution >= 4 is 17.4 Å². The van der Waals surface area contributed by atoms with E-state index >= 15 is 0 Å². The van der Waals surface area contributed by atoms with Crippen LogP contribution in [-0.4, -0.2) is 23.8 Å². The predicted molar refractivity (Wildman–Crippen MR) is 77.3 cm³/mol. The minimum absolute atomic E-state index is 0.246. The summed E-state index contributed by atoms with van der Waals surface area (Å²) in [6, 6.07) is 4.94. The molecule has 1 aliphatic carbocycles. The molecule has 0 spiro atoms. The summed E-state index contributed by atoms with van der Waals surface area (Å²) >= 11 is 1.77. The minimum atomic E-state index is -0.426. The predicted octanol–water partition coefficient (Wildman–Crippen LogP) is 2.89. The van der Waals surface area contributed by atoms with Gasteiger partial charge in [-0.1, -0.05) is 6.07 Å². The molecular formula is C14H22N2O2S. The highest BCUT2D eigenvalue weighted by atomic mass is 32.1. The first-order chi connectivity index (χ1) is 8.92. The topological polar surface area (TPSA) is 50.4 Å². The number of ether oxygens (including phenoxy) is 1. The summed E-state index contributed by atoms with van der Waals surface area (Å²) in [4.78, 5) is 12.9. The fraction of sp³-hybridized carbons (Fsp3) is 0.643. The number of amides is 1. The van der Waals surface area contributed by atoms with Crippen molar-refractivity contribution in [3.63, 3.8) is 0 Å². The van der Waals surface area contributed by atoms with Crippen LogP contribution in [0.5, 0.6) is 0 Å². The van der Waals surface area contributed by atoms with Crippen molar-refractivity contribution in [2.75, 3.05) is 0 Å².